The summed E-state index contributed by atoms with van der Waals surface area (Å²) >= 11 is 1.08. The number of methoxy groups -OCH3 is 1. The molecular weight excluding hydrogens is 242 g/mol. The largest absolute Gasteiger partial charge is 0.477 e. The van der Waals surface area contributed by atoms with Crippen molar-refractivity contribution in [3.63, 3.8) is 0 Å². The molecule has 0 bridgehead atoms. The second kappa shape index (κ2) is 5.29. The Morgan fingerprint density at radius 1 is 1.53 bits per heavy atom. The Hall–Kier alpha value is -1.40. The van der Waals surface area contributed by atoms with Crippen LogP contribution in [0, 0.1) is 0 Å². The molecule has 0 radical (unpaired) electrons. The summed E-state index contributed by atoms with van der Waals surface area (Å²) in [6.07, 6.45) is 0.165. The first-order chi connectivity index (χ1) is 7.85. The fourth-order valence-electron chi connectivity index (χ4n) is 1.23. The minimum atomic E-state index is -1.04. The highest BCUT2D eigenvalue weighted by molar-refractivity contribution is 7.12. The average Bonchev–Trinajstić information content (AvgIpc) is 2.65. The molecule has 0 fully saturated rings. The number of thiophene rings is 1. The Morgan fingerprint density at radius 3 is 2.71 bits per heavy atom. The predicted octanol–water partition coefficient (Wildman–Crippen LogP) is 2.20. The molecule has 0 aliphatic carbocycles. The van der Waals surface area contributed by atoms with Crippen LogP contribution in [0.2, 0.25) is 0 Å². The van der Waals surface area contributed by atoms with Crippen molar-refractivity contribution in [1.82, 2.24) is 0 Å². The highest BCUT2D eigenvalue weighted by Gasteiger charge is 2.22. The number of anilines is 1. The summed E-state index contributed by atoms with van der Waals surface area (Å²) in [4.78, 5) is 22.7. The van der Waals surface area contributed by atoms with Crippen LogP contribution in [0.15, 0.2) is 11.4 Å². The molecule has 94 valence electrons. The molecular formula is C11H15NO4S. The Morgan fingerprint density at radius 2 is 2.18 bits per heavy atom. The van der Waals surface area contributed by atoms with E-state index in [0.29, 0.717) is 5.69 Å². The first-order valence-corrected chi connectivity index (χ1v) is 5.89. The Labute approximate surface area is 103 Å². The highest BCUT2D eigenvalue weighted by Crippen LogP contribution is 2.23. The van der Waals surface area contributed by atoms with Crippen molar-refractivity contribution in [3.05, 3.63) is 16.3 Å². The third kappa shape index (κ3) is 3.83. The maximum absolute atomic E-state index is 11.7. The number of hydrogen-bond donors (Lipinski definition) is 2. The van der Waals surface area contributed by atoms with Crippen molar-refractivity contribution in [2.75, 3.05) is 12.4 Å². The molecule has 2 N–H and O–H groups in total. The monoisotopic (exact) mass is 257 g/mol. The molecule has 1 aromatic heterocycles. The third-order valence-electron chi connectivity index (χ3n) is 2.27. The van der Waals surface area contributed by atoms with Crippen LogP contribution in [0.4, 0.5) is 5.69 Å². The standard InChI is InChI=1S/C11H15NO4S/c1-11(2,16-3)6-8(13)12-7-4-5-17-9(7)10(14)15/h4-5H,6H2,1-3H3,(H,12,13)(H,14,15). The normalized spacial score (nSPS) is 11.2. The average molecular weight is 257 g/mol. The lowest BCUT2D eigenvalue weighted by atomic mass is 10.0. The second-order valence-corrected chi connectivity index (χ2v) is 5.07. The van der Waals surface area contributed by atoms with E-state index in [4.69, 9.17) is 9.84 Å². The van der Waals surface area contributed by atoms with Gasteiger partial charge in [-0.15, -0.1) is 11.3 Å². The third-order valence-corrected chi connectivity index (χ3v) is 3.17. The summed E-state index contributed by atoms with van der Waals surface area (Å²) < 4.78 is 5.13. The van der Waals surface area contributed by atoms with Gasteiger partial charge in [0.2, 0.25) is 5.91 Å². The van der Waals surface area contributed by atoms with Crippen molar-refractivity contribution in [2.45, 2.75) is 25.9 Å². The molecule has 17 heavy (non-hydrogen) atoms. The van der Waals surface area contributed by atoms with E-state index in [1.807, 2.05) is 0 Å². The molecule has 0 aliphatic rings. The number of carbonyl (C=O) groups is 2. The summed E-state index contributed by atoms with van der Waals surface area (Å²) in [5.74, 6) is -1.31. The molecule has 1 rings (SSSR count). The van der Waals surface area contributed by atoms with Gasteiger partial charge in [-0.2, -0.15) is 0 Å². The second-order valence-electron chi connectivity index (χ2n) is 4.16. The van der Waals surface area contributed by atoms with E-state index in [0.717, 1.165) is 11.3 Å². The molecule has 0 spiro atoms. The van der Waals surface area contributed by atoms with Gasteiger partial charge in [-0.05, 0) is 25.3 Å². The zero-order valence-corrected chi connectivity index (χ0v) is 10.8. The van der Waals surface area contributed by atoms with E-state index in [2.05, 4.69) is 5.32 Å². The van der Waals surface area contributed by atoms with E-state index >= 15 is 0 Å². The van der Waals surface area contributed by atoms with Crippen LogP contribution in [-0.2, 0) is 9.53 Å². The molecule has 1 amide bonds. The molecule has 0 atom stereocenters. The molecule has 0 aromatic carbocycles. The van der Waals surface area contributed by atoms with Crippen LogP contribution >= 0.6 is 11.3 Å². The molecule has 1 aromatic rings. The lowest BCUT2D eigenvalue weighted by molar-refractivity contribution is -0.121. The van der Waals surface area contributed by atoms with Gasteiger partial charge in [-0.1, -0.05) is 0 Å². The lowest BCUT2D eigenvalue weighted by Gasteiger charge is -2.21. The minimum Gasteiger partial charge on any atom is -0.477 e. The van der Waals surface area contributed by atoms with Crippen LogP contribution in [0.5, 0.6) is 0 Å². The van der Waals surface area contributed by atoms with Crippen molar-refractivity contribution < 1.29 is 19.4 Å². The number of ether oxygens (including phenoxy) is 1. The fraction of sp³-hybridized carbons (Fsp3) is 0.455. The van der Waals surface area contributed by atoms with Gasteiger partial charge in [0.15, 0.2) is 0 Å². The van der Waals surface area contributed by atoms with E-state index < -0.39 is 11.6 Å². The Bertz CT molecular complexity index is 425. The molecule has 0 saturated heterocycles. The Kier molecular flexibility index (Phi) is 4.25. The predicted molar refractivity (Wildman–Crippen MR) is 65.6 cm³/mol. The van der Waals surface area contributed by atoms with E-state index in [1.165, 1.54) is 7.11 Å². The summed E-state index contributed by atoms with van der Waals surface area (Å²) in [6.45, 7) is 3.58. The topological polar surface area (TPSA) is 75.6 Å². The molecule has 6 heteroatoms. The highest BCUT2D eigenvalue weighted by atomic mass is 32.1. The molecule has 0 unspecified atom stereocenters. The lowest BCUT2D eigenvalue weighted by Crippen LogP contribution is -2.29. The number of hydrogen-bond acceptors (Lipinski definition) is 4. The Balaban J connectivity index is 2.69. The quantitative estimate of drug-likeness (QED) is 0.848. The van der Waals surface area contributed by atoms with Gasteiger partial charge in [0.1, 0.15) is 4.88 Å². The van der Waals surface area contributed by atoms with Crippen LogP contribution in [-0.4, -0.2) is 29.7 Å². The van der Waals surface area contributed by atoms with Gasteiger partial charge < -0.3 is 15.2 Å². The number of nitrogens with one attached hydrogen (secondary N) is 1. The summed E-state index contributed by atoms with van der Waals surface area (Å²) in [5.41, 5.74) is -0.233. The summed E-state index contributed by atoms with van der Waals surface area (Å²) in [7, 11) is 1.53. The van der Waals surface area contributed by atoms with Gasteiger partial charge in [0, 0.05) is 7.11 Å². The van der Waals surface area contributed by atoms with Crippen molar-refractivity contribution in [3.8, 4) is 0 Å². The smallest absolute Gasteiger partial charge is 0.348 e. The van der Waals surface area contributed by atoms with Gasteiger partial charge in [0.05, 0.1) is 17.7 Å². The van der Waals surface area contributed by atoms with Crippen LogP contribution < -0.4 is 5.32 Å². The maximum Gasteiger partial charge on any atom is 0.348 e. The number of amides is 1. The summed E-state index contributed by atoms with van der Waals surface area (Å²) in [6, 6.07) is 1.58. The molecule has 1 heterocycles. The van der Waals surface area contributed by atoms with Crippen LogP contribution in [0.3, 0.4) is 0 Å². The maximum atomic E-state index is 11.7. The van der Waals surface area contributed by atoms with Crippen LogP contribution in [0.25, 0.3) is 0 Å². The van der Waals surface area contributed by atoms with E-state index in [1.54, 1.807) is 25.3 Å². The first kappa shape index (κ1) is 13.7. The fourth-order valence-corrected chi connectivity index (χ4v) is 1.91. The SMILES string of the molecule is COC(C)(C)CC(=O)Nc1ccsc1C(=O)O. The molecule has 0 saturated carbocycles. The number of aromatic carboxylic acids is 1. The first-order valence-electron chi connectivity index (χ1n) is 5.01. The van der Waals surface area contributed by atoms with Gasteiger partial charge >= 0.3 is 5.97 Å². The number of rotatable bonds is 5. The zero-order chi connectivity index (χ0) is 13.1. The van der Waals surface area contributed by atoms with Crippen molar-refractivity contribution >= 4 is 28.9 Å². The van der Waals surface area contributed by atoms with Crippen LogP contribution in [0.1, 0.15) is 29.9 Å². The molecule has 0 aliphatic heterocycles. The number of carbonyl (C=O) groups excluding carboxylic acids is 1. The van der Waals surface area contributed by atoms with Crippen molar-refractivity contribution in [2.24, 2.45) is 0 Å². The van der Waals surface area contributed by atoms with Crippen molar-refractivity contribution in [1.29, 1.82) is 0 Å². The van der Waals surface area contributed by atoms with Gasteiger partial charge in [-0.25, -0.2) is 4.79 Å². The van der Waals surface area contributed by atoms with E-state index in [9.17, 15) is 9.59 Å². The number of carboxylic acid groups (broad SMARTS) is 1. The zero-order valence-electron chi connectivity index (χ0n) is 9.94. The molecule has 5 nitrogen and oxygen atoms in total. The van der Waals surface area contributed by atoms with Gasteiger partial charge in [0.25, 0.3) is 0 Å². The number of carboxylic acids is 1. The summed E-state index contributed by atoms with van der Waals surface area (Å²) in [5, 5.41) is 13.1. The minimum absolute atomic E-state index is 0.133. The van der Waals surface area contributed by atoms with Gasteiger partial charge in [-0.3, -0.25) is 4.79 Å². The van der Waals surface area contributed by atoms with E-state index in [-0.39, 0.29) is 17.2 Å².